The molecule has 0 bridgehead atoms. The van der Waals surface area contributed by atoms with E-state index in [9.17, 15) is 9.90 Å². The van der Waals surface area contributed by atoms with Crippen LogP contribution in [0, 0.1) is 0 Å². The molecule has 0 fully saturated rings. The third kappa shape index (κ3) is 2.16. The van der Waals surface area contributed by atoms with Crippen LogP contribution in [0.25, 0.3) is 10.2 Å². The Morgan fingerprint density at radius 3 is 3.07 bits per heavy atom. The lowest BCUT2D eigenvalue weighted by molar-refractivity contribution is 0.194. The third-order valence-corrected chi connectivity index (χ3v) is 2.83. The average molecular weight is 224 g/mol. The zero-order valence-electron chi connectivity index (χ0n) is 7.60. The standard InChI is InChI=1S/C9H8N2O3S/c12-5-1-2-6-7(3-5)15-8(11-6)4-10-9(13)14/h1-3,10,12H,4H2,(H,13,14). The van der Waals surface area contributed by atoms with E-state index in [0.717, 1.165) is 10.2 Å². The van der Waals surface area contributed by atoms with Gasteiger partial charge in [-0.2, -0.15) is 0 Å². The molecule has 1 amide bonds. The molecule has 0 aliphatic heterocycles. The van der Waals surface area contributed by atoms with E-state index >= 15 is 0 Å². The summed E-state index contributed by atoms with van der Waals surface area (Å²) in [6.45, 7) is 0.190. The number of carboxylic acid groups (broad SMARTS) is 1. The van der Waals surface area contributed by atoms with Crippen molar-refractivity contribution in [3.05, 3.63) is 23.2 Å². The summed E-state index contributed by atoms with van der Waals surface area (Å²) in [7, 11) is 0. The van der Waals surface area contributed by atoms with Crippen molar-refractivity contribution in [3.63, 3.8) is 0 Å². The third-order valence-electron chi connectivity index (χ3n) is 1.81. The molecule has 6 heteroatoms. The quantitative estimate of drug-likeness (QED) is 0.726. The molecule has 0 radical (unpaired) electrons. The fraction of sp³-hybridized carbons (Fsp3) is 0.111. The number of phenolic OH excluding ortho intramolecular Hbond substituents is 1. The monoisotopic (exact) mass is 224 g/mol. The number of aromatic nitrogens is 1. The molecule has 1 heterocycles. The molecule has 0 unspecified atom stereocenters. The van der Waals surface area contributed by atoms with Gasteiger partial charge < -0.3 is 15.5 Å². The molecule has 1 aromatic heterocycles. The summed E-state index contributed by atoms with van der Waals surface area (Å²) >= 11 is 1.36. The van der Waals surface area contributed by atoms with E-state index in [1.807, 2.05) is 0 Å². The molecule has 0 atom stereocenters. The van der Waals surface area contributed by atoms with Crippen LogP contribution in [-0.4, -0.2) is 21.3 Å². The van der Waals surface area contributed by atoms with Crippen LogP contribution in [0.4, 0.5) is 4.79 Å². The van der Waals surface area contributed by atoms with Crippen LogP contribution in [0.2, 0.25) is 0 Å². The minimum Gasteiger partial charge on any atom is -0.508 e. The Bertz CT molecular complexity index is 509. The molecular weight excluding hydrogens is 216 g/mol. The number of carbonyl (C=O) groups is 1. The van der Waals surface area contributed by atoms with E-state index in [4.69, 9.17) is 5.11 Å². The highest BCUT2D eigenvalue weighted by Gasteiger charge is 2.05. The lowest BCUT2D eigenvalue weighted by Gasteiger charge is -1.93. The van der Waals surface area contributed by atoms with Gasteiger partial charge in [0.25, 0.3) is 0 Å². The molecule has 2 aromatic rings. The van der Waals surface area contributed by atoms with Gasteiger partial charge in [-0.1, -0.05) is 0 Å². The Morgan fingerprint density at radius 1 is 1.53 bits per heavy atom. The van der Waals surface area contributed by atoms with Gasteiger partial charge in [0.15, 0.2) is 0 Å². The van der Waals surface area contributed by atoms with Gasteiger partial charge in [0.1, 0.15) is 10.8 Å². The first-order valence-electron chi connectivity index (χ1n) is 4.20. The first-order valence-corrected chi connectivity index (χ1v) is 5.02. The molecule has 1 aromatic carbocycles. The van der Waals surface area contributed by atoms with Crippen LogP contribution in [0.3, 0.4) is 0 Å². The number of fused-ring (bicyclic) bond motifs is 1. The van der Waals surface area contributed by atoms with Gasteiger partial charge in [-0.05, 0) is 18.2 Å². The van der Waals surface area contributed by atoms with E-state index in [1.54, 1.807) is 18.2 Å². The number of phenols is 1. The minimum atomic E-state index is -1.07. The normalized spacial score (nSPS) is 10.4. The predicted molar refractivity (Wildman–Crippen MR) is 56.1 cm³/mol. The highest BCUT2D eigenvalue weighted by Crippen LogP contribution is 2.25. The maximum atomic E-state index is 10.3. The summed E-state index contributed by atoms with van der Waals surface area (Å²) in [5, 5.41) is 20.6. The summed E-state index contributed by atoms with van der Waals surface area (Å²) in [4.78, 5) is 14.5. The first-order chi connectivity index (χ1) is 7.15. The van der Waals surface area contributed by atoms with Gasteiger partial charge >= 0.3 is 6.09 Å². The molecule has 0 saturated heterocycles. The van der Waals surface area contributed by atoms with Crippen molar-refractivity contribution in [2.75, 3.05) is 0 Å². The number of hydrogen-bond donors (Lipinski definition) is 3. The summed E-state index contributed by atoms with van der Waals surface area (Å²) in [5.74, 6) is 0.184. The Kier molecular flexibility index (Phi) is 2.42. The summed E-state index contributed by atoms with van der Waals surface area (Å²) in [6, 6.07) is 4.86. The fourth-order valence-electron chi connectivity index (χ4n) is 1.19. The zero-order valence-corrected chi connectivity index (χ0v) is 8.41. The molecule has 78 valence electrons. The lowest BCUT2D eigenvalue weighted by atomic mass is 10.3. The highest BCUT2D eigenvalue weighted by molar-refractivity contribution is 7.18. The van der Waals surface area contributed by atoms with Crippen LogP contribution in [-0.2, 0) is 6.54 Å². The van der Waals surface area contributed by atoms with Gasteiger partial charge in [-0.25, -0.2) is 9.78 Å². The van der Waals surface area contributed by atoms with Crippen molar-refractivity contribution in [3.8, 4) is 5.75 Å². The second-order valence-electron chi connectivity index (χ2n) is 2.92. The summed E-state index contributed by atoms with van der Waals surface area (Å²) in [5.41, 5.74) is 0.764. The van der Waals surface area contributed by atoms with E-state index in [1.165, 1.54) is 11.3 Å². The smallest absolute Gasteiger partial charge is 0.405 e. The zero-order chi connectivity index (χ0) is 10.8. The fourth-order valence-corrected chi connectivity index (χ4v) is 2.13. The number of hydrogen-bond acceptors (Lipinski definition) is 4. The van der Waals surface area contributed by atoms with E-state index < -0.39 is 6.09 Å². The molecule has 0 aliphatic rings. The maximum Gasteiger partial charge on any atom is 0.405 e. The van der Waals surface area contributed by atoms with Crippen LogP contribution < -0.4 is 5.32 Å². The highest BCUT2D eigenvalue weighted by atomic mass is 32.1. The Morgan fingerprint density at radius 2 is 2.33 bits per heavy atom. The molecule has 3 N–H and O–H groups in total. The largest absolute Gasteiger partial charge is 0.508 e. The summed E-state index contributed by atoms with van der Waals surface area (Å²) < 4.78 is 0.845. The number of rotatable bonds is 2. The van der Waals surface area contributed by atoms with Gasteiger partial charge in [0.2, 0.25) is 0 Å². The molecule has 2 rings (SSSR count). The van der Waals surface area contributed by atoms with Crippen molar-refractivity contribution in [2.45, 2.75) is 6.54 Å². The van der Waals surface area contributed by atoms with Crippen molar-refractivity contribution in [1.82, 2.24) is 10.3 Å². The molecule has 0 saturated carbocycles. The van der Waals surface area contributed by atoms with Crippen molar-refractivity contribution < 1.29 is 15.0 Å². The van der Waals surface area contributed by atoms with Gasteiger partial charge in [0, 0.05) is 0 Å². The number of thiazole rings is 1. The molecular formula is C9H8N2O3S. The number of aromatic hydroxyl groups is 1. The maximum absolute atomic E-state index is 10.3. The molecule has 15 heavy (non-hydrogen) atoms. The van der Waals surface area contributed by atoms with Gasteiger partial charge in [-0.3, -0.25) is 0 Å². The van der Waals surface area contributed by atoms with Crippen LogP contribution >= 0.6 is 11.3 Å². The van der Waals surface area contributed by atoms with Crippen LogP contribution in [0.1, 0.15) is 5.01 Å². The predicted octanol–water partition coefficient (Wildman–Crippen LogP) is 1.77. The number of amides is 1. The van der Waals surface area contributed by atoms with Crippen LogP contribution in [0.15, 0.2) is 18.2 Å². The summed E-state index contributed by atoms with van der Waals surface area (Å²) in [6.07, 6.45) is -1.07. The molecule has 0 aliphatic carbocycles. The molecule has 5 nitrogen and oxygen atoms in total. The van der Waals surface area contributed by atoms with Crippen molar-refractivity contribution in [2.24, 2.45) is 0 Å². The number of benzene rings is 1. The van der Waals surface area contributed by atoms with Gasteiger partial charge in [0.05, 0.1) is 16.8 Å². The Hall–Kier alpha value is -1.82. The topological polar surface area (TPSA) is 82.5 Å². The van der Waals surface area contributed by atoms with E-state index in [2.05, 4.69) is 10.3 Å². The average Bonchev–Trinajstić information content (AvgIpc) is 2.56. The van der Waals surface area contributed by atoms with E-state index in [-0.39, 0.29) is 12.3 Å². The Balaban J connectivity index is 2.27. The van der Waals surface area contributed by atoms with Crippen molar-refractivity contribution in [1.29, 1.82) is 0 Å². The number of nitrogens with zero attached hydrogens (tertiary/aromatic N) is 1. The number of nitrogens with one attached hydrogen (secondary N) is 1. The second-order valence-corrected chi connectivity index (χ2v) is 4.03. The lowest BCUT2D eigenvalue weighted by Crippen LogP contribution is -2.19. The second kappa shape index (κ2) is 3.74. The SMILES string of the molecule is O=C(O)NCc1nc2ccc(O)cc2s1. The Labute approximate surface area is 89.0 Å². The molecule has 0 spiro atoms. The van der Waals surface area contributed by atoms with E-state index in [0.29, 0.717) is 5.01 Å². The minimum absolute atomic E-state index is 0.184. The van der Waals surface area contributed by atoms with Crippen LogP contribution in [0.5, 0.6) is 5.75 Å². The van der Waals surface area contributed by atoms with Gasteiger partial charge in [-0.15, -0.1) is 11.3 Å². The van der Waals surface area contributed by atoms with Crippen molar-refractivity contribution >= 4 is 27.6 Å². The first kappa shape index (κ1) is 9.72.